The van der Waals surface area contributed by atoms with E-state index in [4.69, 9.17) is 11.6 Å². The average molecular weight is 341 g/mol. The lowest BCUT2D eigenvalue weighted by Gasteiger charge is -2.21. The van der Waals surface area contributed by atoms with E-state index in [1.165, 1.54) is 0 Å². The standard InChI is InChI=1S/C12H13BrClF2NO/c1-8-2-3-9(6-10(8)13)12(18)17(5-4-14)7-11(15)16/h2-3,6,11H,4-5,7H2,1H3. The number of benzene rings is 1. The van der Waals surface area contributed by atoms with Gasteiger partial charge < -0.3 is 4.90 Å². The minimum atomic E-state index is -2.56. The first-order chi connectivity index (χ1) is 8.45. The van der Waals surface area contributed by atoms with Crippen LogP contribution >= 0.6 is 27.5 Å². The molecule has 0 fully saturated rings. The molecule has 100 valence electrons. The number of aryl methyl sites for hydroxylation is 1. The summed E-state index contributed by atoms with van der Waals surface area (Å²) >= 11 is 8.83. The summed E-state index contributed by atoms with van der Waals surface area (Å²) in [4.78, 5) is 13.1. The number of alkyl halides is 3. The first kappa shape index (κ1) is 15.4. The third-order valence-electron chi connectivity index (χ3n) is 2.42. The second-order valence-electron chi connectivity index (χ2n) is 3.80. The van der Waals surface area contributed by atoms with Gasteiger partial charge in [-0.3, -0.25) is 4.79 Å². The number of carbonyl (C=O) groups is 1. The van der Waals surface area contributed by atoms with Crippen molar-refractivity contribution in [2.45, 2.75) is 13.3 Å². The van der Waals surface area contributed by atoms with Gasteiger partial charge in [-0.25, -0.2) is 8.78 Å². The van der Waals surface area contributed by atoms with E-state index < -0.39 is 18.9 Å². The van der Waals surface area contributed by atoms with Crippen molar-refractivity contribution in [2.75, 3.05) is 19.0 Å². The Labute approximate surface area is 118 Å². The van der Waals surface area contributed by atoms with Crippen LogP contribution in [0.15, 0.2) is 22.7 Å². The Hall–Kier alpha value is -0.680. The molecular formula is C12H13BrClF2NO. The molecule has 0 N–H and O–H groups in total. The fourth-order valence-electron chi connectivity index (χ4n) is 1.45. The molecule has 2 nitrogen and oxygen atoms in total. The third kappa shape index (κ3) is 4.21. The molecule has 1 aromatic rings. The van der Waals surface area contributed by atoms with Gasteiger partial charge in [0, 0.05) is 22.5 Å². The highest BCUT2D eigenvalue weighted by atomic mass is 79.9. The van der Waals surface area contributed by atoms with Crippen LogP contribution in [0.1, 0.15) is 15.9 Å². The van der Waals surface area contributed by atoms with Crippen molar-refractivity contribution in [3.05, 3.63) is 33.8 Å². The molecular weight excluding hydrogens is 327 g/mol. The highest BCUT2D eigenvalue weighted by Crippen LogP contribution is 2.19. The largest absolute Gasteiger partial charge is 0.332 e. The first-order valence-electron chi connectivity index (χ1n) is 5.35. The normalized spacial score (nSPS) is 10.8. The van der Waals surface area contributed by atoms with Crippen molar-refractivity contribution in [2.24, 2.45) is 0 Å². The molecule has 0 atom stereocenters. The molecule has 0 saturated carbocycles. The van der Waals surface area contributed by atoms with E-state index in [-0.39, 0.29) is 12.4 Å². The maximum atomic E-state index is 12.4. The second kappa shape index (κ2) is 7.04. The van der Waals surface area contributed by atoms with Gasteiger partial charge in [0.1, 0.15) is 0 Å². The zero-order chi connectivity index (χ0) is 13.7. The van der Waals surface area contributed by atoms with Crippen LogP contribution < -0.4 is 0 Å². The highest BCUT2D eigenvalue weighted by molar-refractivity contribution is 9.10. The van der Waals surface area contributed by atoms with Gasteiger partial charge in [-0.15, -0.1) is 11.6 Å². The Bertz CT molecular complexity index is 429. The van der Waals surface area contributed by atoms with Gasteiger partial charge in [-0.2, -0.15) is 0 Å². The van der Waals surface area contributed by atoms with Gasteiger partial charge in [0.15, 0.2) is 0 Å². The van der Waals surface area contributed by atoms with Crippen molar-refractivity contribution in [1.82, 2.24) is 4.90 Å². The molecule has 1 amide bonds. The lowest BCUT2D eigenvalue weighted by molar-refractivity contribution is 0.0571. The maximum absolute atomic E-state index is 12.4. The lowest BCUT2D eigenvalue weighted by atomic mass is 10.1. The Morgan fingerprint density at radius 3 is 2.67 bits per heavy atom. The number of hydrogen-bond acceptors (Lipinski definition) is 1. The molecule has 1 rings (SSSR count). The number of nitrogens with zero attached hydrogens (tertiary/aromatic N) is 1. The molecule has 6 heteroatoms. The van der Waals surface area contributed by atoms with E-state index in [1.807, 2.05) is 6.92 Å². The number of carbonyl (C=O) groups excluding carboxylic acids is 1. The minimum Gasteiger partial charge on any atom is -0.332 e. The van der Waals surface area contributed by atoms with Gasteiger partial charge in [0.2, 0.25) is 0 Å². The molecule has 0 bridgehead atoms. The Kier molecular flexibility index (Phi) is 6.02. The Morgan fingerprint density at radius 1 is 1.50 bits per heavy atom. The van der Waals surface area contributed by atoms with Crippen molar-refractivity contribution in [3.63, 3.8) is 0 Å². The topological polar surface area (TPSA) is 20.3 Å². The van der Waals surface area contributed by atoms with E-state index in [0.717, 1.165) is 14.9 Å². The summed E-state index contributed by atoms with van der Waals surface area (Å²) < 4.78 is 25.5. The van der Waals surface area contributed by atoms with Crippen molar-refractivity contribution in [3.8, 4) is 0 Å². The van der Waals surface area contributed by atoms with E-state index in [2.05, 4.69) is 15.9 Å². The predicted octanol–water partition coefficient (Wildman–Crippen LogP) is 3.70. The van der Waals surface area contributed by atoms with Gasteiger partial charge >= 0.3 is 0 Å². The summed E-state index contributed by atoms with van der Waals surface area (Å²) in [6.45, 7) is 1.39. The fraction of sp³-hybridized carbons (Fsp3) is 0.417. The number of hydrogen-bond donors (Lipinski definition) is 0. The van der Waals surface area contributed by atoms with E-state index in [0.29, 0.717) is 5.56 Å². The molecule has 0 aliphatic heterocycles. The van der Waals surface area contributed by atoms with Crippen LogP contribution in [-0.2, 0) is 0 Å². The minimum absolute atomic E-state index is 0.107. The fourth-order valence-corrected chi connectivity index (χ4v) is 2.04. The second-order valence-corrected chi connectivity index (χ2v) is 5.03. The van der Waals surface area contributed by atoms with Crippen LogP contribution in [0.4, 0.5) is 8.78 Å². The Balaban J connectivity index is 2.90. The highest BCUT2D eigenvalue weighted by Gasteiger charge is 2.19. The van der Waals surface area contributed by atoms with E-state index >= 15 is 0 Å². The SMILES string of the molecule is Cc1ccc(C(=O)N(CCCl)CC(F)F)cc1Br. The smallest absolute Gasteiger partial charge is 0.255 e. The molecule has 0 saturated heterocycles. The van der Waals surface area contributed by atoms with Crippen LogP contribution in [0.5, 0.6) is 0 Å². The molecule has 0 unspecified atom stereocenters. The quantitative estimate of drug-likeness (QED) is 0.748. The van der Waals surface area contributed by atoms with Gasteiger partial charge in [-0.1, -0.05) is 22.0 Å². The Morgan fingerprint density at radius 2 is 2.17 bits per heavy atom. The lowest BCUT2D eigenvalue weighted by Crippen LogP contribution is -2.36. The summed E-state index contributed by atoms with van der Waals surface area (Å²) in [6.07, 6.45) is -2.56. The van der Waals surface area contributed by atoms with Gasteiger partial charge in [0.05, 0.1) is 6.54 Å². The van der Waals surface area contributed by atoms with Crippen LogP contribution in [0, 0.1) is 6.92 Å². The van der Waals surface area contributed by atoms with Crippen LogP contribution in [0.25, 0.3) is 0 Å². The van der Waals surface area contributed by atoms with E-state index in [1.54, 1.807) is 18.2 Å². The summed E-state index contributed by atoms with van der Waals surface area (Å²) in [7, 11) is 0. The molecule has 1 aromatic carbocycles. The molecule has 0 spiro atoms. The summed E-state index contributed by atoms with van der Waals surface area (Å²) in [5.74, 6) is -0.303. The zero-order valence-corrected chi connectivity index (χ0v) is 12.1. The number of amides is 1. The molecule has 18 heavy (non-hydrogen) atoms. The number of halogens is 4. The van der Waals surface area contributed by atoms with Crippen LogP contribution in [0.2, 0.25) is 0 Å². The third-order valence-corrected chi connectivity index (χ3v) is 3.44. The van der Waals surface area contributed by atoms with Gasteiger partial charge in [-0.05, 0) is 24.6 Å². The predicted molar refractivity (Wildman–Crippen MR) is 71.5 cm³/mol. The van der Waals surface area contributed by atoms with Crippen molar-refractivity contribution < 1.29 is 13.6 Å². The van der Waals surface area contributed by atoms with Gasteiger partial charge in [0.25, 0.3) is 12.3 Å². The van der Waals surface area contributed by atoms with Crippen LogP contribution in [-0.4, -0.2) is 36.2 Å². The van der Waals surface area contributed by atoms with Crippen molar-refractivity contribution in [1.29, 1.82) is 0 Å². The maximum Gasteiger partial charge on any atom is 0.255 e. The molecule has 0 aliphatic carbocycles. The van der Waals surface area contributed by atoms with Crippen LogP contribution in [0.3, 0.4) is 0 Å². The molecule has 0 aliphatic rings. The summed E-state index contributed by atoms with van der Waals surface area (Å²) in [6, 6.07) is 5.01. The average Bonchev–Trinajstić information content (AvgIpc) is 2.31. The summed E-state index contributed by atoms with van der Waals surface area (Å²) in [5.41, 5.74) is 1.35. The first-order valence-corrected chi connectivity index (χ1v) is 6.68. The van der Waals surface area contributed by atoms with E-state index in [9.17, 15) is 13.6 Å². The molecule has 0 heterocycles. The monoisotopic (exact) mass is 339 g/mol. The zero-order valence-electron chi connectivity index (χ0n) is 9.80. The van der Waals surface area contributed by atoms with Crippen molar-refractivity contribution >= 4 is 33.4 Å². The molecule has 0 radical (unpaired) electrons. The summed E-state index contributed by atoms with van der Waals surface area (Å²) in [5, 5.41) is 0. The molecule has 0 aromatic heterocycles. The number of rotatable bonds is 5.